The number of quaternary nitrogens is 1. The Morgan fingerprint density at radius 3 is 2.41 bits per heavy atom. The third-order valence-corrected chi connectivity index (χ3v) is 5.08. The number of benzene rings is 2. The lowest BCUT2D eigenvalue weighted by Crippen LogP contribution is -2.85. The predicted octanol–water partition coefficient (Wildman–Crippen LogP) is 3.62. The van der Waals surface area contributed by atoms with Gasteiger partial charge in [0.2, 0.25) is 0 Å². The van der Waals surface area contributed by atoms with Crippen molar-refractivity contribution in [1.82, 2.24) is 9.55 Å². The highest BCUT2D eigenvalue weighted by Crippen LogP contribution is 2.17. The summed E-state index contributed by atoms with van der Waals surface area (Å²) in [5.74, 6) is 1.48. The van der Waals surface area contributed by atoms with Gasteiger partial charge in [0, 0.05) is 0 Å². The standard InChI is InChI=1S/C23H29N3O/c1-5-18-10-12-19(13-11-18)26-22(17(4)24-15-14-16(2)3)25-21-9-7-6-8-20(21)23(26)27/h6-13,16-17,24H,5,14-15H2,1-4H3/p+1/t17-/m0/s1. The first-order valence-corrected chi connectivity index (χ1v) is 9.95. The van der Waals surface area contributed by atoms with Crippen LogP contribution in [-0.4, -0.2) is 16.1 Å². The van der Waals surface area contributed by atoms with E-state index in [1.54, 1.807) is 4.57 Å². The molecule has 1 heterocycles. The largest absolute Gasteiger partial charge is 0.338 e. The molecule has 0 spiro atoms. The molecular formula is C23H30N3O+. The molecule has 142 valence electrons. The molecule has 2 aromatic carbocycles. The molecule has 0 bridgehead atoms. The smallest absolute Gasteiger partial charge is 0.266 e. The summed E-state index contributed by atoms with van der Waals surface area (Å²) in [6.07, 6.45) is 2.13. The molecule has 0 aliphatic rings. The molecule has 0 aliphatic heterocycles. The molecule has 0 saturated heterocycles. The molecule has 0 amide bonds. The fourth-order valence-corrected chi connectivity index (χ4v) is 3.37. The fourth-order valence-electron chi connectivity index (χ4n) is 3.37. The quantitative estimate of drug-likeness (QED) is 0.696. The minimum Gasteiger partial charge on any atom is -0.338 e. The highest BCUT2D eigenvalue weighted by atomic mass is 16.1. The molecule has 0 radical (unpaired) electrons. The van der Waals surface area contributed by atoms with E-state index in [4.69, 9.17) is 4.98 Å². The highest BCUT2D eigenvalue weighted by molar-refractivity contribution is 5.77. The molecule has 3 rings (SSSR count). The van der Waals surface area contributed by atoms with Gasteiger partial charge in [0.05, 0.1) is 23.1 Å². The highest BCUT2D eigenvalue weighted by Gasteiger charge is 2.20. The number of para-hydroxylation sites is 1. The van der Waals surface area contributed by atoms with Gasteiger partial charge in [0.15, 0.2) is 5.82 Å². The van der Waals surface area contributed by atoms with Crippen molar-refractivity contribution in [3.8, 4) is 5.69 Å². The Balaban J connectivity index is 2.10. The summed E-state index contributed by atoms with van der Waals surface area (Å²) in [5.41, 5.74) is 2.92. The van der Waals surface area contributed by atoms with Crippen molar-refractivity contribution in [2.24, 2.45) is 5.92 Å². The van der Waals surface area contributed by atoms with E-state index in [-0.39, 0.29) is 11.6 Å². The van der Waals surface area contributed by atoms with Crippen molar-refractivity contribution in [3.05, 3.63) is 70.3 Å². The van der Waals surface area contributed by atoms with E-state index >= 15 is 0 Å². The van der Waals surface area contributed by atoms with Crippen LogP contribution >= 0.6 is 0 Å². The summed E-state index contributed by atoms with van der Waals surface area (Å²) < 4.78 is 1.79. The Hall–Kier alpha value is -2.46. The summed E-state index contributed by atoms with van der Waals surface area (Å²) in [6.45, 7) is 9.76. The molecule has 0 unspecified atom stereocenters. The second-order valence-corrected chi connectivity index (χ2v) is 7.64. The maximum absolute atomic E-state index is 13.3. The summed E-state index contributed by atoms with van der Waals surface area (Å²) >= 11 is 0. The Morgan fingerprint density at radius 2 is 1.74 bits per heavy atom. The Kier molecular flexibility index (Phi) is 6.07. The van der Waals surface area contributed by atoms with E-state index < -0.39 is 0 Å². The van der Waals surface area contributed by atoms with E-state index in [2.05, 4.69) is 45.1 Å². The van der Waals surface area contributed by atoms with Gasteiger partial charge in [-0.25, -0.2) is 4.98 Å². The molecule has 3 aromatic rings. The van der Waals surface area contributed by atoms with Crippen LogP contribution in [0.15, 0.2) is 53.3 Å². The molecule has 1 atom stereocenters. The summed E-state index contributed by atoms with van der Waals surface area (Å²) in [5, 5.41) is 2.95. The normalized spacial score (nSPS) is 12.6. The number of nitrogens with zero attached hydrogens (tertiary/aromatic N) is 2. The lowest BCUT2D eigenvalue weighted by Gasteiger charge is -2.18. The molecule has 0 fully saturated rings. The third kappa shape index (κ3) is 4.28. The third-order valence-electron chi connectivity index (χ3n) is 5.08. The van der Waals surface area contributed by atoms with Gasteiger partial charge in [-0.1, -0.05) is 45.0 Å². The van der Waals surface area contributed by atoms with Crippen LogP contribution in [0.5, 0.6) is 0 Å². The van der Waals surface area contributed by atoms with E-state index in [0.29, 0.717) is 11.3 Å². The van der Waals surface area contributed by atoms with E-state index in [9.17, 15) is 4.79 Å². The van der Waals surface area contributed by atoms with E-state index in [1.165, 1.54) is 5.56 Å². The molecule has 0 aliphatic carbocycles. The van der Waals surface area contributed by atoms with Gasteiger partial charge in [0.1, 0.15) is 6.04 Å². The first-order valence-electron chi connectivity index (χ1n) is 9.95. The van der Waals surface area contributed by atoms with E-state index in [1.807, 2.05) is 36.4 Å². The molecule has 27 heavy (non-hydrogen) atoms. The molecule has 4 heteroatoms. The first-order chi connectivity index (χ1) is 13.0. The molecule has 2 N–H and O–H groups in total. The van der Waals surface area contributed by atoms with Gasteiger partial charge in [-0.05, 0) is 55.5 Å². The van der Waals surface area contributed by atoms with Gasteiger partial charge in [0.25, 0.3) is 5.56 Å². The van der Waals surface area contributed by atoms with Crippen LogP contribution in [0.4, 0.5) is 0 Å². The first kappa shape index (κ1) is 19.3. The fraction of sp³-hybridized carbons (Fsp3) is 0.391. The summed E-state index contributed by atoms with van der Waals surface area (Å²) in [4.78, 5) is 18.2. The molecular weight excluding hydrogens is 334 g/mol. The van der Waals surface area contributed by atoms with Crippen LogP contribution in [0.3, 0.4) is 0 Å². The van der Waals surface area contributed by atoms with Gasteiger partial charge >= 0.3 is 0 Å². The Bertz CT molecular complexity index is 958. The summed E-state index contributed by atoms with van der Waals surface area (Å²) in [7, 11) is 0. The number of fused-ring (bicyclic) bond motifs is 1. The van der Waals surface area contributed by atoms with Gasteiger partial charge in [-0.15, -0.1) is 0 Å². The van der Waals surface area contributed by atoms with Crippen molar-refractivity contribution < 1.29 is 5.32 Å². The maximum atomic E-state index is 13.3. The van der Waals surface area contributed by atoms with Gasteiger partial charge in [-0.2, -0.15) is 0 Å². The lowest BCUT2D eigenvalue weighted by atomic mass is 10.1. The zero-order valence-electron chi connectivity index (χ0n) is 16.8. The van der Waals surface area contributed by atoms with Gasteiger partial charge < -0.3 is 5.32 Å². The van der Waals surface area contributed by atoms with Crippen LogP contribution in [0.1, 0.15) is 51.5 Å². The zero-order chi connectivity index (χ0) is 19.4. The number of aromatic nitrogens is 2. The number of hydrogen-bond donors (Lipinski definition) is 1. The Labute approximate surface area is 161 Å². The second-order valence-electron chi connectivity index (χ2n) is 7.64. The van der Waals surface area contributed by atoms with Crippen LogP contribution < -0.4 is 10.9 Å². The van der Waals surface area contributed by atoms with Crippen molar-refractivity contribution >= 4 is 10.9 Å². The van der Waals surface area contributed by atoms with E-state index in [0.717, 1.165) is 36.4 Å². The molecule has 1 aromatic heterocycles. The monoisotopic (exact) mass is 364 g/mol. The SMILES string of the molecule is CCc1ccc(-n2c([C@H](C)[NH2+]CCC(C)C)nc3ccccc3c2=O)cc1. The van der Waals surface area contributed by atoms with Crippen LogP contribution in [0, 0.1) is 5.92 Å². The molecule has 0 saturated carbocycles. The van der Waals surface area contributed by atoms with Crippen LogP contribution in [-0.2, 0) is 6.42 Å². The minimum atomic E-state index is 0.00366. The average molecular weight is 365 g/mol. The topological polar surface area (TPSA) is 51.5 Å². The van der Waals surface area contributed by atoms with Crippen LogP contribution in [0.25, 0.3) is 16.6 Å². The number of hydrogen-bond acceptors (Lipinski definition) is 2. The lowest BCUT2D eigenvalue weighted by molar-refractivity contribution is -0.694. The minimum absolute atomic E-state index is 0.00366. The van der Waals surface area contributed by atoms with Crippen molar-refractivity contribution in [2.75, 3.05) is 6.54 Å². The zero-order valence-corrected chi connectivity index (χ0v) is 16.8. The predicted molar refractivity (Wildman–Crippen MR) is 111 cm³/mol. The molecule has 4 nitrogen and oxygen atoms in total. The second kappa shape index (κ2) is 8.49. The number of rotatable bonds is 7. The van der Waals surface area contributed by atoms with Crippen molar-refractivity contribution in [3.63, 3.8) is 0 Å². The average Bonchev–Trinajstić information content (AvgIpc) is 2.67. The van der Waals surface area contributed by atoms with Crippen molar-refractivity contribution in [1.29, 1.82) is 0 Å². The van der Waals surface area contributed by atoms with Crippen molar-refractivity contribution in [2.45, 2.75) is 46.6 Å². The Morgan fingerprint density at radius 1 is 1.04 bits per heavy atom. The van der Waals surface area contributed by atoms with Gasteiger partial charge in [-0.3, -0.25) is 9.36 Å². The van der Waals surface area contributed by atoms with Crippen LogP contribution in [0.2, 0.25) is 0 Å². The maximum Gasteiger partial charge on any atom is 0.266 e. The summed E-state index contributed by atoms with van der Waals surface area (Å²) in [6, 6.07) is 16.0. The number of aryl methyl sites for hydroxylation is 1. The number of nitrogens with two attached hydrogens (primary N) is 1.